The van der Waals surface area contributed by atoms with E-state index in [0.29, 0.717) is 11.3 Å². The number of aromatic nitrogens is 4. The smallest absolute Gasteiger partial charge is 0.295 e. The predicted molar refractivity (Wildman–Crippen MR) is 122 cm³/mol. The third kappa shape index (κ3) is 4.74. The quantitative estimate of drug-likeness (QED) is 0.300. The van der Waals surface area contributed by atoms with E-state index in [4.69, 9.17) is 9.36 Å². The number of amides is 2. The lowest BCUT2D eigenvalue weighted by atomic mass is 10.2. The number of hydrogen-bond donors (Lipinski definition) is 2. The summed E-state index contributed by atoms with van der Waals surface area (Å²) in [4.78, 5) is 44.4. The minimum atomic E-state index is -0.671. The number of nitrogens with one attached hydrogen (secondary N) is 2. The topological polar surface area (TPSA) is 167 Å². The molecular formula is C22H19N7O6. The van der Waals surface area contributed by atoms with Crippen molar-refractivity contribution in [1.82, 2.24) is 25.4 Å². The number of nitro benzene ring substituents is 1. The van der Waals surface area contributed by atoms with Crippen LogP contribution in [-0.4, -0.2) is 43.8 Å². The molecule has 0 aliphatic rings. The molecular weight excluding hydrogens is 458 g/mol. The fourth-order valence-corrected chi connectivity index (χ4v) is 3.33. The van der Waals surface area contributed by atoms with Crippen LogP contribution >= 0.6 is 0 Å². The Morgan fingerprint density at radius 2 is 1.91 bits per heavy atom. The molecule has 0 radical (unpaired) electrons. The van der Waals surface area contributed by atoms with Gasteiger partial charge in [0.05, 0.1) is 17.7 Å². The molecule has 0 atom stereocenters. The van der Waals surface area contributed by atoms with Crippen LogP contribution in [0.4, 0.5) is 11.4 Å². The van der Waals surface area contributed by atoms with Gasteiger partial charge in [-0.05, 0) is 36.8 Å². The van der Waals surface area contributed by atoms with E-state index in [9.17, 15) is 19.7 Å². The van der Waals surface area contributed by atoms with Gasteiger partial charge in [0.15, 0.2) is 11.4 Å². The molecule has 178 valence electrons. The van der Waals surface area contributed by atoms with Crippen LogP contribution in [0.5, 0.6) is 0 Å². The van der Waals surface area contributed by atoms with Crippen LogP contribution in [0.3, 0.4) is 0 Å². The summed E-state index contributed by atoms with van der Waals surface area (Å²) in [6.07, 6.45) is 0. The number of nitrogens with zero attached hydrogens (tertiary/aromatic N) is 5. The van der Waals surface area contributed by atoms with E-state index < -0.39 is 16.7 Å². The molecule has 13 nitrogen and oxygen atoms in total. The second-order valence-electron chi connectivity index (χ2n) is 7.37. The zero-order chi connectivity index (χ0) is 25.1. The third-order valence-corrected chi connectivity index (χ3v) is 4.81. The van der Waals surface area contributed by atoms with Crippen LogP contribution < -0.4 is 10.8 Å². The molecule has 2 heterocycles. The zero-order valence-corrected chi connectivity index (χ0v) is 18.8. The molecule has 0 bridgehead atoms. The Morgan fingerprint density at radius 1 is 1.17 bits per heavy atom. The van der Waals surface area contributed by atoms with Gasteiger partial charge < -0.3 is 9.84 Å². The van der Waals surface area contributed by atoms with Gasteiger partial charge in [0.1, 0.15) is 5.69 Å². The number of non-ortho nitro benzene ring substituents is 1. The molecule has 0 saturated heterocycles. The number of hydroxylamine groups is 1. The third-order valence-electron chi connectivity index (χ3n) is 4.81. The van der Waals surface area contributed by atoms with Gasteiger partial charge in [0.2, 0.25) is 11.7 Å². The summed E-state index contributed by atoms with van der Waals surface area (Å²) in [6, 6.07) is 12.8. The molecule has 0 aliphatic carbocycles. The van der Waals surface area contributed by atoms with E-state index >= 15 is 0 Å². The van der Waals surface area contributed by atoms with Crippen LogP contribution in [-0.2, 0) is 9.63 Å². The van der Waals surface area contributed by atoms with E-state index in [2.05, 4.69) is 26.0 Å². The molecule has 35 heavy (non-hydrogen) atoms. The molecule has 13 heteroatoms. The average molecular weight is 477 g/mol. The predicted octanol–water partition coefficient (Wildman–Crippen LogP) is 3.06. The maximum absolute atomic E-state index is 12.9. The van der Waals surface area contributed by atoms with Gasteiger partial charge in [-0.15, -0.1) is 0 Å². The second kappa shape index (κ2) is 9.52. The van der Waals surface area contributed by atoms with Crippen LogP contribution in [0.2, 0.25) is 0 Å². The normalized spacial score (nSPS) is 10.7. The number of aryl methyl sites for hydroxylation is 1. The highest BCUT2D eigenvalue weighted by Gasteiger charge is 2.29. The van der Waals surface area contributed by atoms with Gasteiger partial charge in [-0.3, -0.25) is 24.5 Å². The first kappa shape index (κ1) is 23.3. The summed E-state index contributed by atoms with van der Waals surface area (Å²) in [7, 11) is 1.28. The Balaban J connectivity index is 1.87. The number of rotatable bonds is 7. The Kier molecular flexibility index (Phi) is 6.33. The van der Waals surface area contributed by atoms with Crippen molar-refractivity contribution in [2.75, 3.05) is 12.4 Å². The van der Waals surface area contributed by atoms with Gasteiger partial charge in [0, 0.05) is 24.6 Å². The number of carbonyl (C=O) groups excluding carboxylic acids is 2. The lowest BCUT2D eigenvalue weighted by Crippen LogP contribution is -2.26. The van der Waals surface area contributed by atoms with Crippen molar-refractivity contribution < 1.29 is 23.9 Å². The standard InChI is InChI=1S/C22H19N7O6/c1-12-5-4-6-16(11-12)28-19(21(31)27-34-3)17(23-13(2)30)18(25-28)20-24-22(35-26-20)14-7-9-15(10-8-14)29(32)33/h4-11H,1-3H3,(H,23,30)(H,27,31). The van der Waals surface area contributed by atoms with E-state index in [1.807, 2.05) is 13.0 Å². The Bertz CT molecular complexity index is 1420. The SMILES string of the molecule is CONC(=O)c1c(NC(C)=O)c(-c2noc(-c3ccc([N+](=O)[O-])cc3)n2)nn1-c1cccc(C)c1. The van der Waals surface area contributed by atoms with E-state index in [0.717, 1.165) is 5.56 Å². The summed E-state index contributed by atoms with van der Waals surface area (Å²) in [5.74, 6) is -1.08. The minimum Gasteiger partial charge on any atom is -0.334 e. The van der Waals surface area contributed by atoms with Gasteiger partial charge in [0.25, 0.3) is 17.5 Å². The molecule has 2 amide bonds. The Hall–Kier alpha value is -4.91. The molecule has 2 aromatic heterocycles. The van der Waals surface area contributed by atoms with Gasteiger partial charge in [-0.1, -0.05) is 17.3 Å². The number of hydrogen-bond acceptors (Lipinski definition) is 9. The summed E-state index contributed by atoms with van der Waals surface area (Å²) < 4.78 is 6.67. The number of nitro groups is 1. The molecule has 0 aliphatic heterocycles. The minimum absolute atomic E-state index is 0.0139. The highest BCUT2D eigenvalue weighted by Crippen LogP contribution is 2.32. The molecule has 4 aromatic rings. The van der Waals surface area contributed by atoms with Crippen LogP contribution in [0.15, 0.2) is 53.1 Å². The monoisotopic (exact) mass is 477 g/mol. The highest BCUT2D eigenvalue weighted by atomic mass is 16.6. The molecule has 0 fully saturated rings. The fourth-order valence-electron chi connectivity index (χ4n) is 3.33. The first-order valence-corrected chi connectivity index (χ1v) is 10.2. The van der Waals surface area contributed by atoms with Gasteiger partial charge in [-0.25, -0.2) is 10.2 Å². The highest BCUT2D eigenvalue weighted by molar-refractivity contribution is 6.05. The second-order valence-corrected chi connectivity index (χ2v) is 7.37. The summed E-state index contributed by atoms with van der Waals surface area (Å²) in [6.45, 7) is 3.16. The molecule has 0 unspecified atom stereocenters. The van der Waals surface area contributed by atoms with Crippen molar-refractivity contribution in [3.05, 3.63) is 69.9 Å². The van der Waals surface area contributed by atoms with Crippen LogP contribution in [0.1, 0.15) is 23.0 Å². The van der Waals surface area contributed by atoms with E-state index in [1.165, 1.54) is 43.0 Å². The van der Waals surface area contributed by atoms with Crippen molar-refractivity contribution in [2.45, 2.75) is 13.8 Å². The maximum Gasteiger partial charge on any atom is 0.295 e. The van der Waals surface area contributed by atoms with Crippen LogP contribution in [0.25, 0.3) is 28.7 Å². The number of benzene rings is 2. The maximum atomic E-state index is 12.9. The van der Waals surface area contributed by atoms with Gasteiger partial charge in [-0.2, -0.15) is 10.1 Å². The van der Waals surface area contributed by atoms with Gasteiger partial charge >= 0.3 is 0 Å². The summed E-state index contributed by atoms with van der Waals surface area (Å²) >= 11 is 0. The van der Waals surface area contributed by atoms with E-state index in [1.54, 1.807) is 18.2 Å². The molecule has 0 spiro atoms. The van der Waals surface area contributed by atoms with Crippen molar-refractivity contribution in [1.29, 1.82) is 0 Å². The summed E-state index contributed by atoms with van der Waals surface area (Å²) in [5, 5.41) is 22.0. The first-order valence-electron chi connectivity index (χ1n) is 10.2. The Morgan fingerprint density at radius 3 is 2.54 bits per heavy atom. The molecule has 2 N–H and O–H groups in total. The lowest BCUT2D eigenvalue weighted by Gasteiger charge is -2.10. The van der Waals surface area contributed by atoms with Crippen molar-refractivity contribution in [3.63, 3.8) is 0 Å². The zero-order valence-electron chi connectivity index (χ0n) is 18.8. The number of anilines is 1. The average Bonchev–Trinajstić information content (AvgIpc) is 3.44. The van der Waals surface area contributed by atoms with Crippen LogP contribution in [0, 0.1) is 17.0 Å². The summed E-state index contributed by atoms with van der Waals surface area (Å²) in [5.41, 5.74) is 4.14. The largest absolute Gasteiger partial charge is 0.334 e. The number of carbonyl (C=O) groups is 2. The fraction of sp³-hybridized carbons (Fsp3) is 0.136. The molecule has 4 rings (SSSR count). The van der Waals surface area contributed by atoms with E-state index in [-0.39, 0.29) is 34.5 Å². The Labute approximate surface area is 197 Å². The molecule has 0 saturated carbocycles. The molecule has 2 aromatic carbocycles. The van der Waals surface area contributed by atoms with Crippen molar-refractivity contribution in [2.24, 2.45) is 0 Å². The first-order chi connectivity index (χ1) is 16.8. The van der Waals surface area contributed by atoms with Crippen molar-refractivity contribution >= 4 is 23.2 Å². The van der Waals surface area contributed by atoms with Crippen molar-refractivity contribution in [3.8, 4) is 28.7 Å². The lowest BCUT2D eigenvalue weighted by molar-refractivity contribution is -0.384.